The van der Waals surface area contributed by atoms with Gasteiger partial charge >= 0.3 is 5.97 Å². The number of hydrogen-bond acceptors (Lipinski definition) is 5. The number of aromatic nitrogens is 3. The monoisotopic (exact) mass is 358 g/mol. The van der Waals surface area contributed by atoms with E-state index in [9.17, 15) is 9.59 Å². The van der Waals surface area contributed by atoms with Gasteiger partial charge in [0.15, 0.2) is 12.3 Å². The molecule has 1 aliphatic rings. The third-order valence-corrected chi connectivity index (χ3v) is 4.67. The Morgan fingerprint density at radius 2 is 1.88 bits per heavy atom. The maximum absolute atomic E-state index is 12.7. The Morgan fingerprint density at radius 3 is 2.50 bits per heavy atom. The molecular formula is C19H26N4O3. The highest BCUT2D eigenvalue weighted by atomic mass is 16.5. The highest BCUT2D eigenvalue weighted by Gasteiger charge is 2.23. The number of ether oxygens (including phenoxy) is 1. The molecule has 0 aliphatic carbocycles. The topological polar surface area (TPSA) is 77.3 Å². The molecule has 26 heavy (non-hydrogen) atoms. The number of fused-ring (bicyclic) bond motifs is 1. The fourth-order valence-electron chi connectivity index (χ4n) is 3.14. The first kappa shape index (κ1) is 18.4. The summed E-state index contributed by atoms with van der Waals surface area (Å²) in [5.74, 6) is -0.481. The molecule has 0 saturated carbocycles. The number of rotatable bonds is 5. The summed E-state index contributed by atoms with van der Waals surface area (Å²) in [5, 5.41) is 5.02. The minimum Gasteiger partial charge on any atom is -0.452 e. The average Bonchev–Trinajstić information content (AvgIpc) is 3.27. The van der Waals surface area contributed by atoms with E-state index in [0.29, 0.717) is 16.6 Å². The highest BCUT2D eigenvalue weighted by molar-refractivity contribution is 6.03. The summed E-state index contributed by atoms with van der Waals surface area (Å²) in [5.41, 5.74) is 1.89. The molecule has 1 fully saturated rings. The SMILES string of the molecule is CC(C)c1cc(C(=O)OCC(=O)N2CCCC2)c2cnn(C(C)C)c2n1. The third kappa shape index (κ3) is 3.57. The molecule has 7 heteroatoms. The summed E-state index contributed by atoms with van der Waals surface area (Å²) in [6.07, 6.45) is 3.67. The van der Waals surface area contributed by atoms with E-state index in [4.69, 9.17) is 4.74 Å². The number of esters is 1. The number of pyridine rings is 1. The second-order valence-corrected chi connectivity index (χ2v) is 7.33. The van der Waals surface area contributed by atoms with E-state index >= 15 is 0 Å². The molecule has 0 atom stereocenters. The molecule has 1 amide bonds. The van der Waals surface area contributed by atoms with E-state index in [1.807, 2.05) is 27.7 Å². The van der Waals surface area contributed by atoms with Crippen LogP contribution in [0.15, 0.2) is 12.3 Å². The minimum atomic E-state index is -0.504. The van der Waals surface area contributed by atoms with Crippen molar-refractivity contribution in [2.24, 2.45) is 0 Å². The number of carbonyl (C=O) groups excluding carboxylic acids is 2. The summed E-state index contributed by atoms with van der Waals surface area (Å²) in [7, 11) is 0. The molecule has 2 aromatic rings. The summed E-state index contributed by atoms with van der Waals surface area (Å²) in [6, 6.07) is 1.88. The van der Waals surface area contributed by atoms with Crippen LogP contribution >= 0.6 is 0 Å². The van der Waals surface area contributed by atoms with Gasteiger partial charge < -0.3 is 9.64 Å². The van der Waals surface area contributed by atoms with Gasteiger partial charge in [-0.1, -0.05) is 13.8 Å². The maximum atomic E-state index is 12.7. The van der Waals surface area contributed by atoms with Crippen LogP contribution in [0.4, 0.5) is 0 Å². The van der Waals surface area contributed by atoms with E-state index < -0.39 is 5.97 Å². The number of likely N-dealkylation sites (tertiary alicyclic amines) is 1. The van der Waals surface area contributed by atoms with Gasteiger partial charge in [0.2, 0.25) is 0 Å². The van der Waals surface area contributed by atoms with Crippen LogP contribution in [0.5, 0.6) is 0 Å². The molecule has 2 aromatic heterocycles. The van der Waals surface area contributed by atoms with E-state index in [1.165, 1.54) is 0 Å². The fourth-order valence-corrected chi connectivity index (χ4v) is 3.14. The lowest BCUT2D eigenvalue weighted by atomic mass is 10.1. The van der Waals surface area contributed by atoms with Crippen molar-refractivity contribution in [3.8, 4) is 0 Å². The molecule has 0 radical (unpaired) electrons. The van der Waals surface area contributed by atoms with Crippen LogP contribution in [0, 0.1) is 0 Å². The van der Waals surface area contributed by atoms with Gasteiger partial charge in [-0.05, 0) is 38.7 Å². The van der Waals surface area contributed by atoms with Crippen molar-refractivity contribution in [2.45, 2.75) is 52.5 Å². The van der Waals surface area contributed by atoms with Crippen molar-refractivity contribution in [3.05, 3.63) is 23.5 Å². The Labute approximate surface area is 153 Å². The summed E-state index contributed by atoms with van der Waals surface area (Å²) in [6.45, 7) is 9.35. The van der Waals surface area contributed by atoms with E-state index in [1.54, 1.807) is 21.8 Å². The van der Waals surface area contributed by atoms with Crippen LogP contribution in [-0.2, 0) is 9.53 Å². The predicted octanol–water partition coefficient (Wildman–Crippen LogP) is 2.91. The molecule has 0 spiro atoms. The Hall–Kier alpha value is -2.44. The Kier molecular flexibility index (Phi) is 5.25. The summed E-state index contributed by atoms with van der Waals surface area (Å²) in [4.78, 5) is 31.2. The first-order valence-corrected chi connectivity index (χ1v) is 9.21. The smallest absolute Gasteiger partial charge is 0.339 e. The number of nitrogens with zero attached hydrogens (tertiary/aromatic N) is 4. The molecule has 0 aromatic carbocycles. The van der Waals surface area contributed by atoms with Crippen molar-refractivity contribution >= 4 is 22.9 Å². The molecule has 140 valence electrons. The quantitative estimate of drug-likeness (QED) is 0.768. The number of amides is 1. The molecule has 7 nitrogen and oxygen atoms in total. The van der Waals surface area contributed by atoms with E-state index in [2.05, 4.69) is 10.1 Å². The molecule has 1 aliphatic heterocycles. The van der Waals surface area contributed by atoms with Gasteiger partial charge in [0.25, 0.3) is 5.91 Å². The van der Waals surface area contributed by atoms with Crippen molar-refractivity contribution < 1.29 is 14.3 Å². The van der Waals surface area contributed by atoms with Gasteiger partial charge in [-0.25, -0.2) is 14.5 Å². The van der Waals surface area contributed by atoms with Crippen molar-refractivity contribution in [2.75, 3.05) is 19.7 Å². The Bertz CT molecular complexity index is 820. The second kappa shape index (κ2) is 7.43. The van der Waals surface area contributed by atoms with Gasteiger partial charge in [0.1, 0.15) is 0 Å². The summed E-state index contributed by atoms with van der Waals surface area (Å²) < 4.78 is 7.12. The molecule has 3 heterocycles. The zero-order chi connectivity index (χ0) is 18.8. The van der Waals surface area contributed by atoms with Gasteiger partial charge in [0.05, 0.1) is 17.1 Å². The number of hydrogen-bond donors (Lipinski definition) is 0. The second-order valence-electron chi connectivity index (χ2n) is 7.33. The van der Waals surface area contributed by atoms with Crippen LogP contribution in [-0.4, -0.2) is 51.2 Å². The van der Waals surface area contributed by atoms with Crippen LogP contribution < -0.4 is 0 Å². The molecule has 0 unspecified atom stereocenters. The van der Waals surface area contributed by atoms with Gasteiger partial charge in [-0.15, -0.1) is 0 Å². The van der Waals surface area contributed by atoms with Crippen molar-refractivity contribution in [1.82, 2.24) is 19.7 Å². The van der Waals surface area contributed by atoms with Crippen LogP contribution in [0.3, 0.4) is 0 Å². The first-order chi connectivity index (χ1) is 12.4. The largest absolute Gasteiger partial charge is 0.452 e. The zero-order valence-electron chi connectivity index (χ0n) is 15.9. The maximum Gasteiger partial charge on any atom is 0.339 e. The van der Waals surface area contributed by atoms with Gasteiger partial charge in [0, 0.05) is 24.8 Å². The van der Waals surface area contributed by atoms with Crippen LogP contribution in [0.25, 0.3) is 11.0 Å². The van der Waals surface area contributed by atoms with Crippen LogP contribution in [0.2, 0.25) is 0 Å². The Balaban J connectivity index is 1.87. The molecular weight excluding hydrogens is 332 g/mol. The third-order valence-electron chi connectivity index (χ3n) is 4.67. The lowest BCUT2D eigenvalue weighted by Crippen LogP contribution is -2.32. The lowest BCUT2D eigenvalue weighted by molar-refractivity contribution is -0.133. The number of carbonyl (C=O) groups is 2. The first-order valence-electron chi connectivity index (χ1n) is 9.21. The highest BCUT2D eigenvalue weighted by Crippen LogP contribution is 2.25. The molecule has 0 bridgehead atoms. The summed E-state index contributed by atoms with van der Waals surface area (Å²) >= 11 is 0. The average molecular weight is 358 g/mol. The predicted molar refractivity (Wildman–Crippen MR) is 98.1 cm³/mol. The molecule has 0 N–H and O–H groups in total. The fraction of sp³-hybridized carbons (Fsp3) is 0.579. The van der Waals surface area contributed by atoms with Gasteiger partial charge in [-0.2, -0.15) is 5.10 Å². The molecule has 1 saturated heterocycles. The minimum absolute atomic E-state index is 0.128. The Morgan fingerprint density at radius 1 is 1.19 bits per heavy atom. The van der Waals surface area contributed by atoms with E-state index in [-0.39, 0.29) is 24.5 Å². The van der Waals surface area contributed by atoms with Crippen LogP contribution in [0.1, 0.15) is 68.5 Å². The van der Waals surface area contributed by atoms with Crippen molar-refractivity contribution in [1.29, 1.82) is 0 Å². The lowest BCUT2D eigenvalue weighted by Gasteiger charge is -2.15. The molecule has 3 rings (SSSR count). The van der Waals surface area contributed by atoms with Gasteiger partial charge in [-0.3, -0.25) is 4.79 Å². The zero-order valence-corrected chi connectivity index (χ0v) is 15.9. The van der Waals surface area contributed by atoms with E-state index in [0.717, 1.165) is 31.6 Å². The van der Waals surface area contributed by atoms with Crippen molar-refractivity contribution in [3.63, 3.8) is 0 Å². The standard InChI is InChI=1S/C19H26N4O3/c1-12(2)16-9-14(15-10-20-23(13(3)4)18(15)21-16)19(25)26-11-17(24)22-7-5-6-8-22/h9-10,12-13H,5-8,11H2,1-4H3. The normalized spacial score (nSPS) is 14.6.